The van der Waals surface area contributed by atoms with E-state index in [-0.39, 0.29) is 30.6 Å². The zero-order valence-electron chi connectivity index (χ0n) is 13.6. The first-order valence-electron chi connectivity index (χ1n) is 7.75. The Kier molecular flexibility index (Phi) is 6.39. The van der Waals surface area contributed by atoms with Gasteiger partial charge in [-0.1, -0.05) is 19.1 Å². The van der Waals surface area contributed by atoms with Gasteiger partial charge in [-0.2, -0.15) is 0 Å². The van der Waals surface area contributed by atoms with E-state index in [0.717, 1.165) is 6.20 Å². The normalized spacial score (nSPS) is 11.6. The van der Waals surface area contributed by atoms with Gasteiger partial charge in [0.25, 0.3) is 5.69 Å². The smallest absolute Gasteiger partial charge is 0.310 e. The fraction of sp³-hybridized carbons (Fsp3) is 0.294. The Bertz CT molecular complexity index is 720. The second-order valence-corrected chi connectivity index (χ2v) is 5.39. The highest BCUT2D eigenvalue weighted by atomic mass is 19.1. The van der Waals surface area contributed by atoms with Crippen LogP contribution in [0.1, 0.15) is 18.9 Å². The second kappa shape index (κ2) is 8.72. The first-order valence-corrected chi connectivity index (χ1v) is 7.75. The third-order valence-electron chi connectivity index (χ3n) is 3.51. The van der Waals surface area contributed by atoms with Crippen molar-refractivity contribution >= 4 is 17.5 Å². The van der Waals surface area contributed by atoms with Crippen LogP contribution in [0.15, 0.2) is 42.6 Å². The van der Waals surface area contributed by atoms with E-state index < -0.39 is 10.9 Å². The van der Waals surface area contributed by atoms with Gasteiger partial charge in [0.2, 0.25) is 0 Å². The average molecular weight is 347 g/mol. The minimum absolute atomic E-state index is 0.0620. The Morgan fingerprint density at radius 1 is 1.32 bits per heavy atom. The number of nitrogens with one attached hydrogen (secondary N) is 1. The summed E-state index contributed by atoms with van der Waals surface area (Å²) in [6, 6.07) is 8.33. The quantitative estimate of drug-likeness (QED) is 0.448. The number of carbonyl (C=O) groups excluding carboxylic acids is 1. The van der Waals surface area contributed by atoms with E-state index in [4.69, 9.17) is 4.74 Å². The predicted octanol–water partition coefficient (Wildman–Crippen LogP) is 3.11. The minimum Gasteiger partial charge on any atom is -0.463 e. The van der Waals surface area contributed by atoms with E-state index >= 15 is 0 Å². The molecule has 1 atom stereocenters. The summed E-state index contributed by atoms with van der Waals surface area (Å²) in [6.45, 7) is 2.05. The molecule has 0 amide bonds. The van der Waals surface area contributed by atoms with E-state index in [2.05, 4.69) is 10.3 Å². The molecule has 0 saturated heterocycles. The molecule has 0 aliphatic carbocycles. The molecule has 1 aromatic carbocycles. The van der Waals surface area contributed by atoms with E-state index in [1.165, 1.54) is 36.4 Å². The standard InChI is InChI=1S/C17H18FN3O4/c1-2-14(20-16-8-7-15(10-19-16)21(23)24)11-25-17(22)9-12-3-5-13(18)6-4-12/h3-8,10,14H,2,9,11H2,1H3,(H,19,20). The van der Waals surface area contributed by atoms with Gasteiger partial charge < -0.3 is 10.1 Å². The third kappa shape index (κ3) is 5.83. The van der Waals surface area contributed by atoms with Gasteiger partial charge in [-0.05, 0) is 30.2 Å². The van der Waals surface area contributed by atoms with Crippen molar-refractivity contribution in [2.24, 2.45) is 0 Å². The molecule has 0 saturated carbocycles. The number of halogens is 1. The summed E-state index contributed by atoms with van der Waals surface area (Å²) in [6.07, 6.45) is 1.89. The summed E-state index contributed by atoms with van der Waals surface area (Å²) >= 11 is 0. The van der Waals surface area contributed by atoms with Gasteiger partial charge in [0.1, 0.15) is 24.4 Å². The SMILES string of the molecule is CCC(COC(=O)Cc1ccc(F)cc1)Nc1ccc([N+](=O)[O-])cn1. The first kappa shape index (κ1) is 18.3. The van der Waals surface area contributed by atoms with Crippen LogP contribution < -0.4 is 5.32 Å². The van der Waals surface area contributed by atoms with Gasteiger partial charge in [0.15, 0.2) is 0 Å². The lowest BCUT2D eigenvalue weighted by Crippen LogP contribution is -2.27. The lowest BCUT2D eigenvalue weighted by Gasteiger charge is -2.17. The van der Waals surface area contributed by atoms with Crippen LogP contribution in [0.2, 0.25) is 0 Å². The second-order valence-electron chi connectivity index (χ2n) is 5.39. The fourth-order valence-electron chi connectivity index (χ4n) is 2.06. The van der Waals surface area contributed by atoms with Gasteiger partial charge in [-0.3, -0.25) is 14.9 Å². The van der Waals surface area contributed by atoms with Crippen LogP contribution in [0.3, 0.4) is 0 Å². The van der Waals surface area contributed by atoms with Gasteiger partial charge in [-0.15, -0.1) is 0 Å². The number of nitro groups is 1. The Hall–Kier alpha value is -3.03. The highest BCUT2D eigenvalue weighted by molar-refractivity contribution is 5.72. The zero-order chi connectivity index (χ0) is 18.2. The molecule has 1 aromatic heterocycles. The summed E-state index contributed by atoms with van der Waals surface area (Å²) < 4.78 is 18.1. The summed E-state index contributed by atoms with van der Waals surface area (Å²) in [4.78, 5) is 25.9. The molecule has 132 valence electrons. The van der Waals surface area contributed by atoms with E-state index in [9.17, 15) is 19.3 Å². The number of anilines is 1. The molecule has 0 aliphatic heterocycles. The van der Waals surface area contributed by atoms with Crippen molar-refractivity contribution in [2.75, 3.05) is 11.9 Å². The van der Waals surface area contributed by atoms with Crippen molar-refractivity contribution in [2.45, 2.75) is 25.8 Å². The summed E-state index contributed by atoms with van der Waals surface area (Å²) in [5.74, 6) is -0.307. The molecule has 8 heteroatoms. The Balaban J connectivity index is 1.83. The van der Waals surface area contributed by atoms with Crippen molar-refractivity contribution in [1.82, 2.24) is 4.98 Å². The number of rotatable bonds is 8. The summed E-state index contributed by atoms with van der Waals surface area (Å²) in [7, 11) is 0. The Morgan fingerprint density at radius 3 is 2.60 bits per heavy atom. The largest absolute Gasteiger partial charge is 0.463 e. The van der Waals surface area contributed by atoms with Crippen molar-refractivity contribution in [3.05, 3.63) is 64.1 Å². The summed E-state index contributed by atoms with van der Waals surface area (Å²) in [5.41, 5.74) is 0.578. The first-order chi connectivity index (χ1) is 12.0. The molecule has 1 unspecified atom stereocenters. The van der Waals surface area contributed by atoms with Crippen molar-refractivity contribution < 1.29 is 18.8 Å². The lowest BCUT2D eigenvalue weighted by molar-refractivity contribution is -0.385. The van der Waals surface area contributed by atoms with E-state index in [1.54, 1.807) is 0 Å². The molecule has 0 fully saturated rings. The van der Waals surface area contributed by atoms with Crippen molar-refractivity contribution in [3.63, 3.8) is 0 Å². The molecular weight excluding hydrogens is 329 g/mol. The molecule has 2 aromatic rings. The number of hydrogen-bond acceptors (Lipinski definition) is 6. The maximum Gasteiger partial charge on any atom is 0.310 e. The number of carbonyl (C=O) groups is 1. The Labute approximate surface area is 144 Å². The Morgan fingerprint density at radius 2 is 2.04 bits per heavy atom. The molecule has 2 rings (SSSR count). The molecule has 25 heavy (non-hydrogen) atoms. The maximum atomic E-state index is 12.8. The number of ether oxygens (including phenoxy) is 1. The number of aromatic nitrogens is 1. The van der Waals surface area contributed by atoms with Gasteiger partial charge in [0, 0.05) is 6.07 Å². The van der Waals surface area contributed by atoms with Gasteiger partial charge in [0.05, 0.1) is 17.4 Å². The third-order valence-corrected chi connectivity index (χ3v) is 3.51. The lowest BCUT2D eigenvalue weighted by atomic mass is 10.1. The highest BCUT2D eigenvalue weighted by Crippen LogP contribution is 2.13. The molecule has 0 bridgehead atoms. The van der Waals surface area contributed by atoms with Crippen molar-refractivity contribution in [3.8, 4) is 0 Å². The summed E-state index contributed by atoms with van der Waals surface area (Å²) in [5, 5.41) is 13.7. The van der Waals surface area contributed by atoms with Crippen LogP contribution in [0, 0.1) is 15.9 Å². The molecule has 1 N–H and O–H groups in total. The van der Waals surface area contributed by atoms with Crippen LogP contribution in [0.25, 0.3) is 0 Å². The number of hydrogen-bond donors (Lipinski definition) is 1. The van der Waals surface area contributed by atoms with Gasteiger partial charge >= 0.3 is 5.97 Å². The monoisotopic (exact) mass is 347 g/mol. The number of esters is 1. The molecule has 7 nitrogen and oxygen atoms in total. The van der Waals surface area contributed by atoms with Gasteiger partial charge in [-0.25, -0.2) is 9.37 Å². The van der Waals surface area contributed by atoms with Crippen LogP contribution >= 0.6 is 0 Å². The molecule has 0 spiro atoms. The van der Waals surface area contributed by atoms with Crippen LogP contribution in [-0.2, 0) is 16.0 Å². The minimum atomic E-state index is -0.523. The predicted molar refractivity (Wildman–Crippen MR) is 89.7 cm³/mol. The maximum absolute atomic E-state index is 12.8. The fourth-order valence-corrected chi connectivity index (χ4v) is 2.06. The van der Waals surface area contributed by atoms with E-state index in [1.807, 2.05) is 6.92 Å². The molecule has 1 heterocycles. The van der Waals surface area contributed by atoms with Crippen LogP contribution in [0.4, 0.5) is 15.9 Å². The van der Waals surface area contributed by atoms with Crippen LogP contribution in [-0.4, -0.2) is 28.5 Å². The molecule has 0 radical (unpaired) electrons. The number of nitrogens with zero attached hydrogens (tertiary/aromatic N) is 2. The topological polar surface area (TPSA) is 94.4 Å². The zero-order valence-corrected chi connectivity index (χ0v) is 13.6. The molecular formula is C17H18FN3O4. The molecule has 0 aliphatic rings. The number of pyridine rings is 1. The number of benzene rings is 1. The average Bonchev–Trinajstić information content (AvgIpc) is 2.61. The highest BCUT2D eigenvalue weighted by Gasteiger charge is 2.12. The van der Waals surface area contributed by atoms with Crippen LogP contribution in [0.5, 0.6) is 0 Å². The van der Waals surface area contributed by atoms with Crippen molar-refractivity contribution in [1.29, 1.82) is 0 Å². The van der Waals surface area contributed by atoms with E-state index in [0.29, 0.717) is 17.8 Å².